The molecule has 1 aromatic rings. The van der Waals surface area contributed by atoms with Gasteiger partial charge in [-0.1, -0.05) is 25.1 Å². The first-order chi connectivity index (χ1) is 7.33. The minimum absolute atomic E-state index is 0.578. The zero-order valence-corrected chi connectivity index (χ0v) is 9.15. The molecule has 0 aromatic heterocycles. The largest absolute Gasteiger partial charge is 0.492 e. The van der Waals surface area contributed by atoms with Crippen LogP contribution in [0.15, 0.2) is 35.3 Å². The number of ether oxygens (including phenoxy) is 1. The third kappa shape index (κ3) is 5.05. The highest BCUT2D eigenvalue weighted by Gasteiger charge is 1.91. The van der Waals surface area contributed by atoms with E-state index in [1.165, 1.54) is 0 Å². The van der Waals surface area contributed by atoms with Crippen LogP contribution in [0.4, 0.5) is 0 Å². The fraction of sp³-hybridized carbons (Fsp3) is 0.417. The molecule has 0 aliphatic rings. The van der Waals surface area contributed by atoms with Gasteiger partial charge in [-0.2, -0.15) is 0 Å². The lowest BCUT2D eigenvalue weighted by atomic mass is 10.3. The van der Waals surface area contributed by atoms with Gasteiger partial charge in [0, 0.05) is 6.42 Å². The molecule has 2 N–H and O–H groups in total. The van der Waals surface area contributed by atoms with Crippen LogP contribution in [0.25, 0.3) is 0 Å². The molecule has 0 atom stereocenters. The van der Waals surface area contributed by atoms with E-state index in [1.54, 1.807) is 0 Å². The average Bonchev–Trinajstić information content (AvgIpc) is 2.26. The molecular weight excluding hydrogens is 188 g/mol. The lowest BCUT2D eigenvalue weighted by molar-refractivity contribution is 0.328. The van der Waals surface area contributed by atoms with E-state index in [4.69, 9.17) is 10.5 Å². The maximum atomic E-state index is 5.66. The molecule has 0 radical (unpaired) electrons. The Kier molecular flexibility index (Phi) is 5.30. The van der Waals surface area contributed by atoms with E-state index < -0.39 is 0 Å². The quantitative estimate of drug-likeness (QED) is 0.441. The predicted molar refractivity (Wildman–Crippen MR) is 63.3 cm³/mol. The summed E-state index contributed by atoms with van der Waals surface area (Å²) in [6, 6.07) is 9.72. The average molecular weight is 206 g/mol. The van der Waals surface area contributed by atoms with Crippen molar-refractivity contribution in [1.29, 1.82) is 0 Å². The van der Waals surface area contributed by atoms with Gasteiger partial charge in [0.15, 0.2) is 0 Å². The summed E-state index contributed by atoms with van der Waals surface area (Å²) in [5.41, 5.74) is 5.66. The molecule has 82 valence electrons. The molecule has 3 heteroatoms. The van der Waals surface area contributed by atoms with Gasteiger partial charge in [0.05, 0.1) is 12.4 Å². The van der Waals surface area contributed by atoms with Crippen molar-refractivity contribution in [2.45, 2.75) is 19.8 Å². The van der Waals surface area contributed by atoms with E-state index in [1.807, 2.05) is 30.3 Å². The monoisotopic (exact) mass is 206 g/mol. The Morgan fingerprint density at radius 3 is 2.73 bits per heavy atom. The fourth-order valence-electron chi connectivity index (χ4n) is 1.20. The Hall–Kier alpha value is -1.51. The van der Waals surface area contributed by atoms with Gasteiger partial charge < -0.3 is 10.5 Å². The fourth-order valence-corrected chi connectivity index (χ4v) is 1.20. The van der Waals surface area contributed by atoms with Gasteiger partial charge in [-0.05, 0) is 18.6 Å². The molecule has 0 heterocycles. The summed E-state index contributed by atoms with van der Waals surface area (Å²) in [6.45, 7) is 3.29. The third-order valence-electron chi connectivity index (χ3n) is 1.92. The van der Waals surface area contributed by atoms with Crippen molar-refractivity contribution < 1.29 is 4.74 Å². The van der Waals surface area contributed by atoms with Crippen molar-refractivity contribution in [3.63, 3.8) is 0 Å². The van der Waals surface area contributed by atoms with Crippen LogP contribution in [0, 0.1) is 0 Å². The molecule has 0 saturated carbocycles. The van der Waals surface area contributed by atoms with Crippen LogP contribution in [0.1, 0.15) is 19.8 Å². The van der Waals surface area contributed by atoms with E-state index in [-0.39, 0.29) is 0 Å². The van der Waals surface area contributed by atoms with Crippen molar-refractivity contribution in [1.82, 2.24) is 0 Å². The standard InChI is InChI=1S/C12H18N2O/c1-2-6-12(13)14-9-10-15-11-7-4-3-5-8-11/h3-5,7-8H,2,6,9-10H2,1H3,(H2,13,14). The Morgan fingerprint density at radius 2 is 2.07 bits per heavy atom. The highest BCUT2D eigenvalue weighted by atomic mass is 16.5. The first kappa shape index (κ1) is 11.6. The van der Waals surface area contributed by atoms with Crippen molar-refractivity contribution in [3.8, 4) is 5.75 Å². The molecular formula is C12H18N2O. The van der Waals surface area contributed by atoms with Crippen LogP contribution in [-0.2, 0) is 0 Å². The Balaban J connectivity index is 2.20. The molecule has 0 aliphatic carbocycles. The van der Waals surface area contributed by atoms with Crippen LogP contribution < -0.4 is 10.5 Å². The number of hydrogen-bond acceptors (Lipinski definition) is 2. The number of nitrogens with zero attached hydrogens (tertiary/aromatic N) is 1. The predicted octanol–water partition coefficient (Wildman–Crippen LogP) is 2.22. The summed E-state index contributed by atoms with van der Waals surface area (Å²) in [6.07, 6.45) is 1.90. The van der Waals surface area contributed by atoms with Gasteiger partial charge in [-0.15, -0.1) is 0 Å². The molecule has 0 aliphatic heterocycles. The summed E-state index contributed by atoms with van der Waals surface area (Å²) in [4.78, 5) is 4.20. The van der Waals surface area contributed by atoms with Crippen molar-refractivity contribution in [2.24, 2.45) is 10.7 Å². The van der Waals surface area contributed by atoms with E-state index in [0.717, 1.165) is 18.6 Å². The van der Waals surface area contributed by atoms with Gasteiger partial charge in [-0.25, -0.2) is 0 Å². The zero-order chi connectivity index (χ0) is 10.9. The minimum atomic E-state index is 0.578. The van der Waals surface area contributed by atoms with Crippen LogP contribution >= 0.6 is 0 Å². The zero-order valence-electron chi connectivity index (χ0n) is 9.15. The van der Waals surface area contributed by atoms with E-state index in [0.29, 0.717) is 19.0 Å². The second-order valence-corrected chi connectivity index (χ2v) is 3.28. The molecule has 1 rings (SSSR count). The summed E-state index contributed by atoms with van der Waals surface area (Å²) in [5.74, 6) is 1.59. The van der Waals surface area contributed by atoms with Crippen molar-refractivity contribution >= 4 is 5.84 Å². The number of para-hydroxylation sites is 1. The highest BCUT2D eigenvalue weighted by Crippen LogP contribution is 2.07. The molecule has 0 fully saturated rings. The maximum absolute atomic E-state index is 5.66. The minimum Gasteiger partial charge on any atom is -0.492 e. The van der Waals surface area contributed by atoms with Crippen LogP contribution in [0.2, 0.25) is 0 Å². The molecule has 0 saturated heterocycles. The molecule has 3 nitrogen and oxygen atoms in total. The van der Waals surface area contributed by atoms with Crippen LogP contribution in [-0.4, -0.2) is 19.0 Å². The normalized spacial score (nSPS) is 11.4. The van der Waals surface area contributed by atoms with Crippen LogP contribution in [0.3, 0.4) is 0 Å². The number of rotatable bonds is 6. The SMILES string of the molecule is CCCC(N)=NCCOc1ccccc1. The third-order valence-corrected chi connectivity index (χ3v) is 1.92. The van der Waals surface area contributed by atoms with Gasteiger partial charge in [0.2, 0.25) is 0 Å². The summed E-state index contributed by atoms with van der Waals surface area (Å²) in [5, 5.41) is 0. The second-order valence-electron chi connectivity index (χ2n) is 3.28. The summed E-state index contributed by atoms with van der Waals surface area (Å²) < 4.78 is 5.47. The van der Waals surface area contributed by atoms with E-state index >= 15 is 0 Å². The van der Waals surface area contributed by atoms with Crippen LogP contribution in [0.5, 0.6) is 5.75 Å². The lowest BCUT2D eigenvalue weighted by Crippen LogP contribution is -2.13. The molecule has 15 heavy (non-hydrogen) atoms. The molecule has 0 unspecified atom stereocenters. The Bertz CT molecular complexity index is 296. The molecule has 0 bridgehead atoms. The van der Waals surface area contributed by atoms with Gasteiger partial charge >= 0.3 is 0 Å². The Labute approximate surface area is 91.0 Å². The van der Waals surface area contributed by atoms with Gasteiger partial charge in [0.1, 0.15) is 12.4 Å². The summed E-state index contributed by atoms with van der Waals surface area (Å²) in [7, 11) is 0. The topological polar surface area (TPSA) is 47.6 Å². The maximum Gasteiger partial charge on any atom is 0.119 e. The number of nitrogens with two attached hydrogens (primary N) is 1. The molecule has 1 aromatic carbocycles. The molecule has 0 amide bonds. The van der Waals surface area contributed by atoms with E-state index in [2.05, 4.69) is 11.9 Å². The first-order valence-electron chi connectivity index (χ1n) is 5.29. The number of hydrogen-bond donors (Lipinski definition) is 1. The second kappa shape index (κ2) is 6.87. The Morgan fingerprint density at radius 1 is 1.33 bits per heavy atom. The number of benzene rings is 1. The number of aliphatic imine (C=N–C) groups is 1. The van der Waals surface area contributed by atoms with Gasteiger partial charge in [-0.3, -0.25) is 4.99 Å². The number of amidine groups is 1. The lowest BCUT2D eigenvalue weighted by Gasteiger charge is -2.03. The highest BCUT2D eigenvalue weighted by molar-refractivity contribution is 5.80. The summed E-state index contributed by atoms with van der Waals surface area (Å²) >= 11 is 0. The van der Waals surface area contributed by atoms with Crippen molar-refractivity contribution in [3.05, 3.63) is 30.3 Å². The van der Waals surface area contributed by atoms with E-state index in [9.17, 15) is 0 Å². The van der Waals surface area contributed by atoms with Crippen molar-refractivity contribution in [2.75, 3.05) is 13.2 Å². The first-order valence-corrected chi connectivity index (χ1v) is 5.29. The smallest absolute Gasteiger partial charge is 0.119 e. The molecule has 0 spiro atoms. The van der Waals surface area contributed by atoms with Gasteiger partial charge in [0.25, 0.3) is 0 Å².